The average molecular weight is 360 g/mol. The van der Waals surface area contributed by atoms with Gasteiger partial charge in [-0.25, -0.2) is 13.2 Å². The minimum atomic E-state index is -1.23. The lowest BCUT2D eigenvalue weighted by Gasteiger charge is -2.29. The molecule has 2 aromatic rings. The summed E-state index contributed by atoms with van der Waals surface area (Å²) in [7, 11) is 0. The highest BCUT2D eigenvalue weighted by molar-refractivity contribution is 5.93. The number of hydrogen-bond acceptors (Lipinski definition) is 2. The third-order valence-electron chi connectivity index (χ3n) is 4.62. The van der Waals surface area contributed by atoms with Crippen molar-refractivity contribution < 1.29 is 18.0 Å². The highest BCUT2D eigenvalue weighted by Crippen LogP contribution is 2.33. The second-order valence-electron chi connectivity index (χ2n) is 6.40. The second kappa shape index (κ2) is 7.74. The van der Waals surface area contributed by atoms with Gasteiger partial charge in [-0.2, -0.15) is 0 Å². The molecule has 1 aliphatic carbocycles. The summed E-state index contributed by atoms with van der Waals surface area (Å²) in [6.07, 6.45) is 2.22. The van der Waals surface area contributed by atoms with Gasteiger partial charge in [0.25, 0.3) is 0 Å². The van der Waals surface area contributed by atoms with Crippen LogP contribution in [0.2, 0.25) is 0 Å². The van der Waals surface area contributed by atoms with Gasteiger partial charge in [0.2, 0.25) is 5.91 Å². The Bertz CT molecular complexity index is 836. The van der Waals surface area contributed by atoms with Crippen LogP contribution in [0.15, 0.2) is 54.1 Å². The molecule has 0 aliphatic heterocycles. The van der Waals surface area contributed by atoms with E-state index in [1.54, 1.807) is 6.08 Å². The number of nitrogens with two attached hydrogens (primary N) is 1. The molecule has 6 heteroatoms. The van der Waals surface area contributed by atoms with Gasteiger partial charge in [-0.15, -0.1) is 0 Å². The number of carbonyl (C=O) groups is 1. The molecular formula is C20H19F3N2O. The van der Waals surface area contributed by atoms with E-state index in [9.17, 15) is 18.0 Å². The zero-order chi connectivity index (χ0) is 18.7. The number of benzene rings is 2. The first-order valence-electron chi connectivity index (χ1n) is 8.37. The van der Waals surface area contributed by atoms with E-state index >= 15 is 0 Å². The monoisotopic (exact) mass is 360 g/mol. The topological polar surface area (TPSA) is 55.1 Å². The number of nitrogens with one attached hydrogen (secondary N) is 1. The molecule has 0 bridgehead atoms. The van der Waals surface area contributed by atoms with Gasteiger partial charge in [-0.05, 0) is 30.0 Å². The molecule has 3 nitrogen and oxygen atoms in total. The Labute approximate surface area is 149 Å². The fourth-order valence-electron chi connectivity index (χ4n) is 3.18. The fourth-order valence-corrected chi connectivity index (χ4v) is 3.18. The normalized spacial score (nSPS) is 19.8. The summed E-state index contributed by atoms with van der Waals surface area (Å²) in [6, 6.07) is 10.3. The van der Waals surface area contributed by atoms with Crippen molar-refractivity contribution in [1.29, 1.82) is 0 Å². The summed E-state index contributed by atoms with van der Waals surface area (Å²) in [5.74, 6) is -3.89. The molecule has 0 saturated heterocycles. The third-order valence-corrected chi connectivity index (χ3v) is 4.62. The Hall–Kier alpha value is -2.60. The summed E-state index contributed by atoms with van der Waals surface area (Å²) in [6.45, 7) is 0.396. The highest BCUT2D eigenvalue weighted by atomic mass is 19.2. The average Bonchev–Trinajstić information content (AvgIpc) is 2.64. The lowest BCUT2D eigenvalue weighted by atomic mass is 9.80. The van der Waals surface area contributed by atoms with Crippen molar-refractivity contribution in [2.75, 3.05) is 0 Å². The molecule has 26 heavy (non-hydrogen) atoms. The lowest BCUT2D eigenvalue weighted by molar-refractivity contribution is -0.117. The maximum absolute atomic E-state index is 14.0. The molecule has 0 aromatic heterocycles. The molecule has 0 unspecified atom stereocenters. The summed E-state index contributed by atoms with van der Waals surface area (Å²) in [5.41, 5.74) is 7.63. The smallest absolute Gasteiger partial charge is 0.247 e. The van der Waals surface area contributed by atoms with Gasteiger partial charge in [0.15, 0.2) is 11.6 Å². The molecule has 0 heterocycles. The fraction of sp³-hybridized carbons (Fsp3) is 0.250. The van der Waals surface area contributed by atoms with Crippen LogP contribution in [-0.2, 0) is 11.3 Å². The molecule has 2 atom stereocenters. The molecule has 0 fully saturated rings. The maximum atomic E-state index is 14.0. The zero-order valence-electron chi connectivity index (χ0n) is 14.0. The van der Waals surface area contributed by atoms with Crippen molar-refractivity contribution in [3.8, 4) is 0 Å². The van der Waals surface area contributed by atoms with Crippen LogP contribution in [0.5, 0.6) is 0 Å². The summed E-state index contributed by atoms with van der Waals surface area (Å²) in [4.78, 5) is 12.3. The van der Waals surface area contributed by atoms with Crippen LogP contribution in [0.25, 0.3) is 0 Å². The van der Waals surface area contributed by atoms with Crippen molar-refractivity contribution in [3.05, 3.63) is 82.7 Å². The van der Waals surface area contributed by atoms with Crippen LogP contribution < -0.4 is 11.1 Å². The molecule has 3 N–H and O–H groups in total. The van der Waals surface area contributed by atoms with E-state index < -0.39 is 29.4 Å². The van der Waals surface area contributed by atoms with Gasteiger partial charge in [0.1, 0.15) is 5.82 Å². The Balaban J connectivity index is 1.68. The summed E-state index contributed by atoms with van der Waals surface area (Å²) >= 11 is 0. The predicted octanol–water partition coefficient (Wildman–Crippen LogP) is 3.55. The Morgan fingerprint density at radius 3 is 2.46 bits per heavy atom. The summed E-state index contributed by atoms with van der Waals surface area (Å²) in [5, 5.41) is 2.83. The van der Waals surface area contributed by atoms with Crippen molar-refractivity contribution in [2.45, 2.75) is 31.3 Å². The number of carbonyl (C=O) groups excluding carboxylic acids is 1. The van der Waals surface area contributed by atoms with Gasteiger partial charge in [0, 0.05) is 30.1 Å². The van der Waals surface area contributed by atoms with Crippen molar-refractivity contribution in [2.24, 2.45) is 5.73 Å². The standard InChI is InChI=1S/C20H19F3N2O/c21-16-10-18(23)17(22)9-15(16)14-7-6-13(8-19(14)24)20(26)25-11-12-4-2-1-3-5-12/h1-6,9-10,14,19H,7-8,11,24H2,(H,25,26)/t14-,19+/m0/s1. The van der Waals surface area contributed by atoms with E-state index in [4.69, 9.17) is 5.73 Å². The molecule has 0 spiro atoms. The van der Waals surface area contributed by atoms with Gasteiger partial charge >= 0.3 is 0 Å². The predicted molar refractivity (Wildman–Crippen MR) is 92.6 cm³/mol. The molecule has 0 saturated carbocycles. The maximum Gasteiger partial charge on any atom is 0.247 e. The van der Waals surface area contributed by atoms with Crippen LogP contribution in [0.1, 0.15) is 29.9 Å². The molecule has 1 aliphatic rings. The van der Waals surface area contributed by atoms with E-state index in [2.05, 4.69) is 5.32 Å². The molecule has 1 amide bonds. The first-order chi connectivity index (χ1) is 12.5. The van der Waals surface area contributed by atoms with Gasteiger partial charge < -0.3 is 11.1 Å². The Morgan fingerprint density at radius 1 is 1.08 bits per heavy atom. The van der Waals surface area contributed by atoms with Crippen LogP contribution in [0.3, 0.4) is 0 Å². The third kappa shape index (κ3) is 3.96. The molecule has 136 valence electrons. The molecule has 3 rings (SSSR count). The number of amides is 1. The number of halogens is 3. The van der Waals surface area contributed by atoms with Crippen LogP contribution >= 0.6 is 0 Å². The molecule has 0 radical (unpaired) electrons. The van der Waals surface area contributed by atoms with E-state index in [-0.39, 0.29) is 24.3 Å². The van der Waals surface area contributed by atoms with E-state index in [1.165, 1.54) is 0 Å². The van der Waals surface area contributed by atoms with Crippen molar-refractivity contribution >= 4 is 5.91 Å². The molecule has 2 aromatic carbocycles. The van der Waals surface area contributed by atoms with Crippen LogP contribution in [0.4, 0.5) is 13.2 Å². The van der Waals surface area contributed by atoms with Crippen molar-refractivity contribution in [3.63, 3.8) is 0 Å². The van der Waals surface area contributed by atoms with Crippen molar-refractivity contribution in [1.82, 2.24) is 5.32 Å². The second-order valence-corrected chi connectivity index (χ2v) is 6.40. The minimum Gasteiger partial charge on any atom is -0.348 e. The van der Waals surface area contributed by atoms with E-state index in [1.807, 2.05) is 30.3 Å². The van der Waals surface area contributed by atoms with Crippen LogP contribution in [-0.4, -0.2) is 11.9 Å². The molecular weight excluding hydrogens is 341 g/mol. The number of allylic oxidation sites excluding steroid dienone is 1. The van der Waals surface area contributed by atoms with Gasteiger partial charge in [-0.3, -0.25) is 4.79 Å². The van der Waals surface area contributed by atoms with Crippen LogP contribution in [0, 0.1) is 17.5 Å². The SMILES string of the molecule is N[C@@H]1CC(C(=O)NCc2ccccc2)=CC[C@H]1c1cc(F)c(F)cc1F. The van der Waals surface area contributed by atoms with E-state index in [0.29, 0.717) is 18.2 Å². The lowest BCUT2D eigenvalue weighted by Crippen LogP contribution is -2.36. The van der Waals surface area contributed by atoms with E-state index in [0.717, 1.165) is 11.6 Å². The Kier molecular flexibility index (Phi) is 5.42. The highest BCUT2D eigenvalue weighted by Gasteiger charge is 2.29. The minimum absolute atomic E-state index is 0.0383. The largest absolute Gasteiger partial charge is 0.348 e. The van der Waals surface area contributed by atoms with Gasteiger partial charge in [0.05, 0.1) is 0 Å². The number of rotatable bonds is 4. The van der Waals surface area contributed by atoms with Gasteiger partial charge in [-0.1, -0.05) is 36.4 Å². The zero-order valence-corrected chi connectivity index (χ0v) is 14.0. The quantitative estimate of drug-likeness (QED) is 0.820. The number of hydrogen-bond donors (Lipinski definition) is 2. The first-order valence-corrected chi connectivity index (χ1v) is 8.37. The summed E-state index contributed by atoms with van der Waals surface area (Å²) < 4.78 is 40.5. The Morgan fingerprint density at radius 2 is 1.77 bits per heavy atom. The first kappa shape index (κ1) is 18.2.